The summed E-state index contributed by atoms with van der Waals surface area (Å²) in [5.74, 6) is -0.745. The van der Waals surface area contributed by atoms with Crippen molar-refractivity contribution in [1.29, 1.82) is 0 Å². The second-order valence-corrected chi connectivity index (χ2v) is 7.87. The van der Waals surface area contributed by atoms with Gasteiger partial charge in [-0.1, -0.05) is 53.6 Å². The number of carbonyl (C=O) groups is 2. The van der Waals surface area contributed by atoms with Crippen molar-refractivity contribution in [3.8, 4) is 0 Å². The van der Waals surface area contributed by atoms with E-state index in [0.717, 1.165) is 27.9 Å². The first kappa shape index (κ1) is 19.9. The van der Waals surface area contributed by atoms with Gasteiger partial charge in [-0.25, -0.2) is 4.90 Å². The molecule has 0 unspecified atom stereocenters. The Hall–Kier alpha value is -3.37. The number of halogens is 1. The molecule has 0 bridgehead atoms. The largest absolute Gasteiger partial charge is 0.350 e. The Morgan fingerprint density at radius 1 is 0.800 bits per heavy atom. The zero-order chi connectivity index (χ0) is 21.4. The molecule has 1 aliphatic rings. The summed E-state index contributed by atoms with van der Waals surface area (Å²) in [6.45, 7) is 5.90. The van der Waals surface area contributed by atoms with Crippen LogP contribution in [0.4, 0.5) is 11.4 Å². The van der Waals surface area contributed by atoms with E-state index in [2.05, 4.69) is 5.32 Å². The minimum atomic E-state index is -0.388. The maximum atomic E-state index is 13.5. The minimum absolute atomic E-state index is 0.274. The van der Waals surface area contributed by atoms with Crippen LogP contribution < -0.4 is 10.2 Å². The van der Waals surface area contributed by atoms with E-state index in [1.807, 2.05) is 63.2 Å². The van der Waals surface area contributed by atoms with Crippen LogP contribution in [0, 0.1) is 20.8 Å². The summed E-state index contributed by atoms with van der Waals surface area (Å²) in [7, 11) is 0. The first-order chi connectivity index (χ1) is 14.4. The normalized spacial score (nSPS) is 13.9. The van der Waals surface area contributed by atoms with Crippen LogP contribution >= 0.6 is 11.6 Å². The van der Waals surface area contributed by atoms with Gasteiger partial charge in [0.15, 0.2) is 0 Å². The van der Waals surface area contributed by atoms with E-state index in [9.17, 15) is 9.59 Å². The Balaban J connectivity index is 1.87. The van der Waals surface area contributed by atoms with E-state index in [4.69, 9.17) is 11.6 Å². The number of nitrogens with zero attached hydrogens (tertiary/aromatic N) is 1. The van der Waals surface area contributed by atoms with Crippen LogP contribution in [0.1, 0.15) is 22.3 Å². The highest BCUT2D eigenvalue weighted by Crippen LogP contribution is 2.36. The lowest BCUT2D eigenvalue weighted by atomic mass is 9.97. The Labute approximate surface area is 180 Å². The number of imide groups is 1. The molecular weight excluding hydrogens is 396 g/mol. The fourth-order valence-corrected chi connectivity index (χ4v) is 3.79. The van der Waals surface area contributed by atoms with Crippen LogP contribution in [-0.2, 0) is 9.59 Å². The standard InChI is InChI=1S/C25H21ClN2O2/c1-15-8-13-20(17(3)14-15)22-23(27-21-7-5-4-6-16(21)2)25(30)28(24(22)29)19-11-9-18(26)10-12-19/h4-14,27H,1-3H3. The zero-order valence-electron chi connectivity index (χ0n) is 17.0. The van der Waals surface area contributed by atoms with Gasteiger partial charge in [0.2, 0.25) is 0 Å². The maximum Gasteiger partial charge on any atom is 0.282 e. The molecule has 5 heteroatoms. The second kappa shape index (κ2) is 7.81. The van der Waals surface area contributed by atoms with Crippen LogP contribution in [0.15, 0.2) is 72.4 Å². The van der Waals surface area contributed by atoms with E-state index in [1.165, 1.54) is 4.90 Å². The number of carbonyl (C=O) groups excluding carboxylic acids is 2. The molecule has 0 aromatic heterocycles. The van der Waals surface area contributed by atoms with Crippen molar-refractivity contribution in [1.82, 2.24) is 0 Å². The highest BCUT2D eigenvalue weighted by Gasteiger charge is 2.40. The zero-order valence-corrected chi connectivity index (χ0v) is 17.7. The minimum Gasteiger partial charge on any atom is -0.350 e. The fraction of sp³-hybridized carbons (Fsp3) is 0.120. The van der Waals surface area contributed by atoms with Crippen LogP contribution in [-0.4, -0.2) is 11.8 Å². The predicted molar refractivity (Wildman–Crippen MR) is 122 cm³/mol. The van der Waals surface area contributed by atoms with Crippen molar-refractivity contribution in [2.45, 2.75) is 20.8 Å². The smallest absolute Gasteiger partial charge is 0.282 e. The number of anilines is 2. The van der Waals surface area contributed by atoms with Crippen LogP contribution in [0.3, 0.4) is 0 Å². The van der Waals surface area contributed by atoms with Gasteiger partial charge in [0.1, 0.15) is 5.70 Å². The van der Waals surface area contributed by atoms with Crippen LogP contribution in [0.2, 0.25) is 5.02 Å². The molecule has 0 saturated carbocycles. The molecular formula is C25H21ClN2O2. The average Bonchev–Trinajstić information content (AvgIpc) is 2.95. The molecule has 1 aliphatic heterocycles. The lowest BCUT2D eigenvalue weighted by Crippen LogP contribution is -2.32. The Kier molecular flexibility index (Phi) is 5.18. The maximum absolute atomic E-state index is 13.5. The third kappa shape index (κ3) is 3.51. The summed E-state index contributed by atoms with van der Waals surface area (Å²) in [6, 6.07) is 20.2. The van der Waals surface area contributed by atoms with Gasteiger partial charge in [-0.15, -0.1) is 0 Å². The molecule has 3 aromatic carbocycles. The van der Waals surface area contributed by atoms with E-state index in [1.54, 1.807) is 24.3 Å². The monoisotopic (exact) mass is 416 g/mol. The van der Waals surface area contributed by atoms with E-state index in [-0.39, 0.29) is 17.5 Å². The van der Waals surface area contributed by atoms with Gasteiger partial charge < -0.3 is 5.32 Å². The molecule has 2 amide bonds. The number of rotatable bonds is 4. The van der Waals surface area contributed by atoms with Crippen molar-refractivity contribution < 1.29 is 9.59 Å². The molecule has 0 saturated heterocycles. The molecule has 0 aliphatic carbocycles. The van der Waals surface area contributed by atoms with Gasteiger partial charge in [0, 0.05) is 10.7 Å². The lowest BCUT2D eigenvalue weighted by Gasteiger charge is -2.16. The third-order valence-corrected chi connectivity index (χ3v) is 5.48. The number of para-hydroxylation sites is 1. The Bertz CT molecular complexity index is 1200. The molecule has 0 atom stereocenters. The summed E-state index contributed by atoms with van der Waals surface area (Å²) >= 11 is 5.99. The highest BCUT2D eigenvalue weighted by molar-refractivity contribution is 6.46. The molecule has 1 N–H and O–H groups in total. The van der Waals surface area contributed by atoms with Crippen LogP contribution in [0.5, 0.6) is 0 Å². The van der Waals surface area contributed by atoms with E-state index in [0.29, 0.717) is 16.3 Å². The molecule has 0 spiro atoms. The van der Waals surface area contributed by atoms with Crippen molar-refractivity contribution in [3.05, 3.63) is 99.7 Å². The number of benzene rings is 3. The Morgan fingerprint density at radius 2 is 1.50 bits per heavy atom. The number of hydrogen-bond donors (Lipinski definition) is 1. The van der Waals surface area contributed by atoms with Gasteiger partial charge in [0.05, 0.1) is 11.3 Å². The van der Waals surface area contributed by atoms with Crippen molar-refractivity contribution >= 4 is 40.4 Å². The highest BCUT2D eigenvalue weighted by atomic mass is 35.5. The number of hydrogen-bond acceptors (Lipinski definition) is 3. The van der Waals surface area contributed by atoms with Crippen molar-refractivity contribution in [2.24, 2.45) is 0 Å². The molecule has 30 heavy (non-hydrogen) atoms. The van der Waals surface area contributed by atoms with E-state index < -0.39 is 0 Å². The number of nitrogens with one attached hydrogen (secondary N) is 1. The van der Waals surface area contributed by atoms with Gasteiger partial charge >= 0.3 is 0 Å². The molecule has 150 valence electrons. The summed E-state index contributed by atoms with van der Waals surface area (Å²) in [6.07, 6.45) is 0. The molecule has 1 heterocycles. The van der Waals surface area contributed by atoms with E-state index >= 15 is 0 Å². The first-order valence-electron chi connectivity index (χ1n) is 9.65. The summed E-state index contributed by atoms with van der Waals surface area (Å²) in [5.41, 5.74) is 5.67. The summed E-state index contributed by atoms with van der Waals surface area (Å²) in [4.78, 5) is 28.1. The molecule has 4 nitrogen and oxygen atoms in total. The SMILES string of the molecule is Cc1ccc(C2=C(Nc3ccccc3C)C(=O)N(c3ccc(Cl)cc3)C2=O)c(C)c1. The van der Waals surface area contributed by atoms with Crippen LogP contribution in [0.25, 0.3) is 5.57 Å². The van der Waals surface area contributed by atoms with Crippen molar-refractivity contribution in [3.63, 3.8) is 0 Å². The first-order valence-corrected chi connectivity index (χ1v) is 10.0. The molecule has 4 rings (SSSR count). The lowest BCUT2D eigenvalue weighted by molar-refractivity contribution is -0.120. The molecule has 0 radical (unpaired) electrons. The Morgan fingerprint density at radius 3 is 2.17 bits per heavy atom. The average molecular weight is 417 g/mol. The third-order valence-electron chi connectivity index (χ3n) is 5.22. The van der Waals surface area contributed by atoms with Gasteiger partial charge in [-0.2, -0.15) is 0 Å². The number of aryl methyl sites for hydroxylation is 3. The fourth-order valence-electron chi connectivity index (χ4n) is 3.66. The van der Waals surface area contributed by atoms with Gasteiger partial charge in [-0.05, 0) is 67.8 Å². The van der Waals surface area contributed by atoms with Gasteiger partial charge in [-0.3, -0.25) is 9.59 Å². The quantitative estimate of drug-likeness (QED) is 0.558. The second-order valence-electron chi connectivity index (χ2n) is 7.43. The summed E-state index contributed by atoms with van der Waals surface area (Å²) in [5, 5.41) is 3.77. The molecule has 0 fully saturated rings. The topological polar surface area (TPSA) is 49.4 Å². The van der Waals surface area contributed by atoms with Crippen molar-refractivity contribution in [2.75, 3.05) is 10.2 Å². The number of amides is 2. The molecule has 3 aromatic rings. The van der Waals surface area contributed by atoms with Gasteiger partial charge in [0.25, 0.3) is 11.8 Å². The summed E-state index contributed by atoms with van der Waals surface area (Å²) < 4.78 is 0. The predicted octanol–water partition coefficient (Wildman–Crippen LogP) is 5.66.